The van der Waals surface area contributed by atoms with Gasteiger partial charge in [-0.3, -0.25) is 0 Å². The summed E-state index contributed by atoms with van der Waals surface area (Å²) in [6.07, 6.45) is 0.526. The molecule has 7 heteroatoms. The van der Waals surface area contributed by atoms with Crippen LogP contribution in [0, 0.1) is 0 Å². The molecule has 0 aliphatic carbocycles. The number of rotatable bonds is 1. The summed E-state index contributed by atoms with van der Waals surface area (Å²) in [5, 5.41) is 2.76. The van der Waals surface area contributed by atoms with E-state index in [0.29, 0.717) is 32.7 Å². The minimum Gasteiger partial charge on any atom is -0.378 e. The zero-order valence-electron chi connectivity index (χ0n) is 9.02. The smallest absolute Gasteiger partial charge is 0.317 e. The fraction of sp³-hybridized carbons (Fsp3) is 0.889. The third-order valence-corrected chi connectivity index (χ3v) is 4.63. The van der Waals surface area contributed by atoms with Gasteiger partial charge in [0.15, 0.2) is 9.84 Å². The molecule has 1 atom stereocenters. The molecule has 2 fully saturated rings. The molecule has 92 valence electrons. The number of nitrogens with one attached hydrogen (secondary N) is 1. The molecule has 2 heterocycles. The van der Waals surface area contributed by atoms with Gasteiger partial charge in [-0.1, -0.05) is 0 Å². The molecule has 2 aliphatic rings. The fourth-order valence-corrected chi connectivity index (χ4v) is 3.61. The van der Waals surface area contributed by atoms with E-state index in [1.807, 2.05) is 0 Å². The number of carbonyl (C=O) groups excluding carboxylic acids is 1. The van der Waals surface area contributed by atoms with Gasteiger partial charge in [0.25, 0.3) is 0 Å². The maximum atomic E-state index is 11.7. The Hall–Kier alpha value is -0.820. The molecule has 0 aromatic rings. The summed E-state index contributed by atoms with van der Waals surface area (Å²) in [7, 11) is -2.93. The molecule has 6 nitrogen and oxygen atoms in total. The van der Waals surface area contributed by atoms with E-state index in [1.165, 1.54) is 0 Å². The van der Waals surface area contributed by atoms with Gasteiger partial charge in [0, 0.05) is 19.1 Å². The first-order valence-corrected chi connectivity index (χ1v) is 7.22. The van der Waals surface area contributed by atoms with Crippen LogP contribution in [0.15, 0.2) is 0 Å². The third kappa shape index (κ3) is 2.85. The number of hydrogen-bond acceptors (Lipinski definition) is 4. The van der Waals surface area contributed by atoms with E-state index in [-0.39, 0.29) is 23.6 Å². The van der Waals surface area contributed by atoms with Crippen LogP contribution in [0.2, 0.25) is 0 Å². The summed E-state index contributed by atoms with van der Waals surface area (Å²) in [4.78, 5) is 13.4. The van der Waals surface area contributed by atoms with Crippen LogP contribution in [-0.4, -0.2) is 63.2 Å². The van der Waals surface area contributed by atoms with Crippen molar-refractivity contribution in [2.24, 2.45) is 0 Å². The van der Waals surface area contributed by atoms with Crippen molar-refractivity contribution in [3.05, 3.63) is 0 Å². The number of hydrogen-bond donors (Lipinski definition) is 1. The van der Waals surface area contributed by atoms with Gasteiger partial charge in [0.05, 0.1) is 24.7 Å². The lowest BCUT2D eigenvalue weighted by molar-refractivity contribution is 0.0527. The molecule has 1 N–H and O–H groups in total. The van der Waals surface area contributed by atoms with E-state index < -0.39 is 9.84 Å². The second-order valence-corrected chi connectivity index (χ2v) is 6.38. The van der Waals surface area contributed by atoms with Crippen LogP contribution < -0.4 is 5.32 Å². The van der Waals surface area contributed by atoms with Gasteiger partial charge in [0.2, 0.25) is 0 Å². The summed E-state index contributed by atoms with van der Waals surface area (Å²) < 4.78 is 27.6. The van der Waals surface area contributed by atoms with Crippen LogP contribution in [0.25, 0.3) is 0 Å². The lowest BCUT2D eigenvalue weighted by Gasteiger charge is -2.28. The molecular weight excluding hydrogens is 232 g/mol. The maximum Gasteiger partial charge on any atom is 0.317 e. The lowest BCUT2D eigenvalue weighted by atomic mass is 10.3. The molecule has 2 saturated heterocycles. The van der Waals surface area contributed by atoms with Crippen LogP contribution in [0.4, 0.5) is 4.79 Å². The Morgan fingerprint density at radius 2 is 2.00 bits per heavy atom. The van der Waals surface area contributed by atoms with Gasteiger partial charge in [-0.2, -0.15) is 0 Å². The molecular formula is C9H16N2O4S. The highest BCUT2D eigenvalue weighted by Gasteiger charge is 2.30. The Bertz CT molecular complexity index is 362. The molecule has 2 rings (SSSR count). The van der Waals surface area contributed by atoms with Crippen molar-refractivity contribution < 1.29 is 17.9 Å². The molecule has 16 heavy (non-hydrogen) atoms. The van der Waals surface area contributed by atoms with Crippen LogP contribution in [0.1, 0.15) is 6.42 Å². The molecule has 0 radical (unpaired) electrons. The SMILES string of the molecule is O=C(N[C@H]1CCS(=O)(=O)C1)N1CCOCC1. The van der Waals surface area contributed by atoms with E-state index in [0.717, 1.165) is 0 Å². The first-order valence-electron chi connectivity index (χ1n) is 5.40. The average Bonchev–Trinajstić information content (AvgIpc) is 2.59. The fourth-order valence-electron chi connectivity index (χ4n) is 1.94. The zero-order chi connectivity index (χ0) is 11.6. The average molecular weight is 248 g/mol. The van der Waals surface area contributed by atoms with Crippen molar-refractivity contribution in [1.29, 1.82) is 0 Å². The van der Waals surface area contributed by atoms with E-state index in [1.54, 1.807) is 4.90 Å². The van der Waals surface area contributed by atoms with Gasteiger partial charge in [0.1, 0.15) is 0 Å². The third-order valence-electron chi connectivity index (χ3n) is 2.86. The first kappa shape index (κ1) is 11.7. The summed E-state index contributed by atoms with van der Waals surface area (Å²) in [6.45, 7) is 2.25. The van der Waals surface area contributed by atoms with E-state index in [2.05, 4.69) is 5.32 Å². The Kier molecular flexibility index (Phi) is 3.34. The minimum absolute atomic E-state index is 0.0725. The summed E-state index contributed by atoms with van der Waals surface area (Å²) >= 11 is 0. The van der Waals surface area contributed by atoms with Crippen LogP contribution >= 0.6 is 0 Å². The van der Waals surface area contributed by atoms with Crippen LogP contribution in [0.5, 0.6) is 0 Å². The maximum absolute atomic E-state index is 11.7. The molecule has 0 saturated carbocycles. The number of morpholine rings is 1. The molecule has 0 aromatic carbocycles. The van der Waals surface area contributed by atoms with Gasteiger partial charge in [-0.15, -0.1) is 0 Å². The summed E-state index contributed by atoms with van der Waals surface area (Å²) in [5.74, 6) is 0.254. The van der Waals surface area contributed by atoms with E-state index >= 15 is 0 Å². The Morgan fingerprint density at radius 1 is 1.31 bits per heavy atom. The van der Waals surface area contributed by atoms with Crippen molar-refractivity contribution in [3.63, 3.8) is 0 Å². The standard InChI is InChI=1S/C9H16N2O4S/c12-9(11-2-4-15-5-3-11)10-8-1-6-16(13,14)7-8/h8H,1-7H2,(H,10,12)/t8-/m0/s1. The topological polar surface area (TPSA) is 75.7 Å². The number of carbonyl (C=O) groups is 1. The van der Waals surface area contributed by atoms with E-state index in [4.69, 9.17) is 4.74 Å². The number of urea groups is 1. The molecule has 2 aliphatic heterocycles. The molecule has 0 spiro atoms. The largest absolute Gasteiger partial charge is 0.378 e. The highest BCUT2D eigenvalue weighted by Crippen LogP contribution is 2.11. The Labute approximate surface area is 94.9 Å². The van der Waals surface area contributed by atoms with Crippen molar-refractivity contribution in [2.45, 2.75) is 12.5 Å². The van der Waals surface area contributed by atoms with Crippen LogP contribution in [0.3, 0.4) is 0 Å². The zero-order valence-corrected chi connectivity index (χ0v) is 9.83. The number of nitrogens with zero attached hydrogens (tertiary/aromatic N) is 1. The Balaban J connectivity index is 1.83. The van der Waals surface area contributed by atoms with Gasteiger partial charge in [-0.25, -0.2) is 13.2 Å². The molecule has 0 bridgehead atoms. The predicted octanol–water partition coefficient (Wildman–Crippen LogP) is -0.785. The van der Waals surface area contributed by atoms with Crippen molar-refractivity contribution in [1.82, 2.24) is 10.2 Å². The highest BCUT2D eigenvalue weighted by atomic mass is 32.2. The summed E-state index contributed by atoms with van der Waals surface area (Å²) in [5.41, 5.74) is 0. The van der Waals surface area contributed by atoms with Gasteiger partial charge in [-0.05, 0) is 6.42 Å². The van der Waals surface area contributed by atoms with Gasteiger partial charge < -0.3 is 15.0 Å². The van der Waals surface area contributed by atoms with Gasteiger partial charge >= 0.3 is 6.03 Å². The monoisotopic (exact) mass is 248 g/mol. The quantitative estimate of drug-likeness (QED) is 0.660. The second-order valence-electron chi connectivity index (χ2n) is 4.15. The molecule has 2 amide bonds. The second kappa shape index (κ2) is 4.58. The molecule has 0 unspecified atom stereocenters. The normalized spacial score (nSPS) is 29.0. The van der Waals surface area contributed by atoms with Crippen molar-refractivity contribution in [3.8, 4) is 0 Å². The first-order chi connectivity index (χ1) is 7.57. The van der Waals surface area contributed by atoms with E-state index in [9.17, 15) is 13.2 Å². The number of sulfone groups is 1. The Morgan fingerprint density at radius 3 is 2.56 bits per heavy atom. The van der Waals surface area contributed by atoms with Crippen molar-refractivity contribution >= 4 is 15.9 Å². The predicted molar refractivity (Wildman–Crippen MR) is 58.0 cm³/mol. The van der Waals surface area contributed by atoms with Crippen molar-refractivity contribution in [2.75, 3.05) is 37.8 Å². The summed E-state index contributed by atoms with van der Waals surface area (Å²) in [6, 6.07) is -0.397. The lowest BCUT2D eigenvalue weighted by Crippen LogP contribution is -2.49. The molecule has 0 aromatic heterocycles. The van der Waals surface area contributed by atoms with Crippen LogP contribution in [-0.2, 0) is 14.6 Å². The number of amides is 2. The minimum atomic E-state index is -2.93. The highest BCUT2D eigenvalue weighted by molar-refractivity contribution is 7.91. The number of ether oxygens (including phenoxy) is 1.